The molecule has 78 valence electrons. The summed E-state index contributed by atoms with van der Waals surface area (Å²) >= 11 is 0. The Kier molecular flexibility index (Phi) is 2.89. The molecule has 0 spiro atoms. The molecule has 1 aromatic heterocycles. The molecular formula is C11H16O3. The van der Waals surface area contributed by atoms with Gasteiger partial charge in [-0.05, 0) is 30.9 Å². The fourth-order valence-corrected chi connectivity index (χ4v) is 2.02. The van der Waals surface area contributed by atoms with Crippen molar-refractivity contribution in [3.05, 3.63) is 24.2 Å². The zero-order valence-electron chi connectivity index (χ0n) is 8.24. The molecule has 1 aromatic rings. The van der Waals surface area contributed by atoms with E-state index < -0.39 is 0 Å². The van der Waals surface area contributed by atoms with Gasteiger partial charge in [0.15, 0.2) is 0 Å². The van der Waals surface area contributed by atoms with Crippen molar-refractivity contribution in [2.45, 2.75) is 19.3 Å². The smallest absolute Gasteiger partial charge is 0.0934 e. The molecule has 2 rings (SSSR count). The number of furan rings is 1. The van der Waals surface area contributed by atoms with Crippen LogP contribution in [0.4, 0.5) is 0 Å². The summed E-state index contributed by atoms with van der Waals surface area (Å²) in [5.41, 5.74) is 1.18. The van der Waals surface area contributed by atoms with Crippen molar-refractivity contribution in [3.8, 4) is 0 Å². The first-order valence-corrected chi connectivity index (χ1v) is 5.04. The maximum absolute atomic E-state index is 9.45. The minimum Gasteiger partial charge on any atom is -0.472 e. The first-order valence-electron chi connectivity index (χ1n) is 5.04. The van der Waals surface area contributed by atoms with Crippen molar-refractivity contribution in [1.29, 1.82) is 0 Å². The normalized spacial score (nSPS) is 20.9. The van der Waals surface area contributed by atoms with Crippen LogP contribution in [0.1, 0.15) is 18.4 Å². The Morgan fingerprint density at radius 3 is 2.71 bits per heavy atom. The first kappa shape index (κ1) is 9.74. The van der Waals surface area contributed by atoms with Gasteiger partial charge in [0.1, 0.15) is 0 Å². The van der Waals surface area contributed by atoms with Gasteiger partial charge in [-0.25, -0.2) is 0 Å². The van der Waals surface area contributed by atoms with E-state index in [4.69, 9.17) is 9.15 Å². The van der Waals surface area contributed by atoms with Gasteiger partial charge >= 0.3 is 0 Å². The second kappa shape index (κ2) is 4.15. The van der Waals surface area contributed by atoms with Crippen LogP contribution < -0.4 is 0 Å². The Morgan fingerprint density at radius 2 is 2.14 bits per heavy atom. The predicted octanol–water partition coefficient (Wildman–Crippen LogP) is 1.61. The molecule has 1 fully saturated rings. The molecule has 3 heteroatoms. The SMILES string of the molecule is OCC1(Cc2ccoc2)CCOCC1. The molecule has 1 aliphatic rings. The van der Waals surface area contributed by atoms with E-state index in [9.17, 15) is 5.11 Å². The zero-order valence-corrected chi connectivity index (χ0v) is 8.24. The number of rotatable bonds is 3. The van der Waals surface area contributed by atoms with E-state index in [1.54, 1.807) is 12.5 Å². The summed E-state index contributed by atoms with van der Waals surface area (Å²) in [6.07, 6.45) is 6.21. The lowest BCUT2D eigenvalue weighted by Crippen LogP contribution is -2.34. The Balaban J connectivity index is 2.04. The zero-order chi connectivity index (χ0) is 9.86. The quantitative estimate of drug-likeness (QED) is 0.798. The van der Waals surface area contributed by atoms with Gasteiger partial charge in [-0.15, -0.1) is 0 Å². The molecule has 0 radical (unpaired) electrons. The Labute approximate surface area is 83.7 Å². The fourth-order valence-electron chi connectivity index (χ4n) is 2.02. The molecular weight excluding hydrogens is 180 g/mol. The number of aliphatic hydroxyl groups is 1. The van der Waals surface area contributed by atoms with Crippen molar-refractivity contribution >= 4 is 0 Å². The summed E-state index contributed by atoms with van der Waals surface area (Å²) in [5.74, 6) is 0. The Hall–Kier alpha value is -0.800. The van der Waals surface area contributed by atoms with Crippen LogP contribution in [-0.4, -0.2) is 24.9 Å². The Morgan fingerprint density at radius 1 is 1.36 bits per heavy atom. The number of hydrogen-bond acceptors (Lipinski definition) is 3. The topological polar surface area (TPSA) is 42.6 Å². The monoisotopic (exact) mass is 196 g/mol. The summed E-state index contributed by atoms with van der Waals surface area (Å²) < 4.78 is 10.3. The molecule has 14 heavy (non-hydrogen) atoms. The highest BCUT2D eigenvalue weighted by Gasteiger charge is 2.32. The van der Waals surface area contributed by atoms with Gasteiger partial charge in [0.2, 0.25) is 0 Å². The number of aliphatic hydroxyl groups excluding tert-OH is 1. The number of hydrogen-bond donors (Lipinski definition) is 1. The van der Waals surface area contributed by atoms with E-state index >= 15 is 0 Å². The Bertz CT molecular complexity index is 260. The van der Waals surface area contributed by atoms with Crippen LogP contribution in [-0.2, 0) is 11.2 Å². The van der Waals surface area contributed by atoms with E-state index in [-0.39, 0.29) is 12.0 Å². The molecule has 1 N–H and O–H groups in total. The lowest BCUT2D eigenvalue weighted by molar-refractivity contribution is -0.0158. The van der Waals surface area contributed by atoms with E-state index in [0.29, 0.717) is 0 Å². The lowest BCUT2D eigenvalue weighted by atomic mass is 9.76. The predicted molar refractivity (Wildman–Crippen MR) is 52.0 cm³/mol. The van der Waals surface area contributed by atoms with Crippen molar-refractivity contribution in [3.63, 3.8) is 0 Å². The molecule has 3 nitrogen and oxygen atoms in total. The minimum absolute atomic E-state index is 0.0160. The first-order chi connectivity index (χ1) is 6.85. The van der Waals surface area contributed by atoms with E-state index in [2.05, 4.69) is 0 Å². The van der Waals surface area contributed by atoms with Crippen LogP contribution >= 0.6 is 0 Å². The highest BCUT2D eigenvalue weighted by molar-refractivity contribution is 5.09. The van der Waals surface area contributed by atoms with E-state index in [1.165, 1.54) is 5.56 Å². The van der Waals surface area contributed by atoms with Crippen LogP contribution in [0, 0.1) is 5.41 Å². The van der Waals surface area contributed by atoms with Crippen molar-refractivity contribution in [2.75, 3.05) is 19.8 Å². The molecule has 0 atom stereocenters. The van der Waals surface area contributed by atoms with Crippen molar-refractivity contribution in [2.24, 2.45) is 5.41 Å². The largest absolute Gasteiger partial charge is 0.472 e. The molecule has 0 aliphatic carbocycles. The molecule has 0 saturated carbocycles. The van der Waals surface area contributed by atoms with Gasteiger partial charge in [0.05, 0.1) is 12.5 Å². The molecule has 2 heterocycles. The summed E-state index contributed by atoms with van der Waals surface area (Å²) in [7, 11) is 0. The molecule has 0 unspecified atom stereocenters. The third kappa shape index (κ3) is 1.99. The van der Waals surface area contributed by atoms with Gasteiger partial charge in [0.25, 0.3) is 0 Å². The standard InChI is InChI=1S/C11H16O3/c12-9-11(2-5-13-6-3-11)7-10-1-4-14-8-10/h1,4,8,12H,2-3,5-7,9H2. The van der Waals surface area contributed by atoms with Gasteiger partial charge in [-0.2, -0.15) is 0 Å². The molecule has 0 bridgehead atoms. The number of ether oxygens (including phenoxy) is 1. The average Bonchev–Trinajstić information content (AvgIpc) is 2.72. The van der Waals surface area contributed by atoms with Gasteiger partial charge < -0.3 is 14.3 Å². The summed E-state index contributed by atoms with van der Waals surface area (Å²) in [5, 5.41) is 9.45. The maximum atomic E-state index is 9.45. The van der Waals surface area contributed by atoms with Gasteiger partial charge in [0, 0.05) is 25.2 Å². The van der Waals surface area contributed by atoms with Crippen LogP contribution in [0.5, 0.6) is 0 Å². The highest BCUT2D eigenvalue weighted by atomic mass is 16.5. The lowest BCUT2D eigenvalue weighted by Gasteiger charge is -2.35. The minimum atomic E-state index is 0.0160. The summed E-state index contributed by atoms with van der Waals surface area (Å²) in [6, 6.07) is 1.97. The van der Waals surface area contributed by atoms with Gasteiger partial charge in [-0.3, -0.25) is 0 Å². The maximum Gasteiger partial charge on any atom is 0.0934 e. The summed E-state index contributed by atoms with van der Waals surface area (Å²) in [6.45, 7) is 1.76. The molecule has 0 amide bonds. The average molecular weight is 196 g/mol. The van der Waals surface area contributed by atoms with Crippen molar-refractivity contribution in [1.82, 2.24) is 0 Å². The molecule has 1 aliphatic heterocycles. The fraction of sp³-hybridized carbons (Fsp3) is 0.636. The van der Waals surface area contributed by atoms with Gasteiger partial charge in [-0.1, -0.05) is 0 Å². The third-order valence-corrected chi connectivity index (χ3v) is 3.05. The molecule has 0 aromatic carbocycles. The third-order valence-electron chi connectivity index (χ3n) is 3.05. The van der Waals surface area contributed by atoms with Crippen LogP contribution in [0.25, 0.3) is 0 Å². The second-order valence-corrected chi connectivity index (χ2v) is 4.08. The van der Waals surface area contributed by atoms with E-state index in [0.717, 1.165) is 32.5 Å². The van der Waals surface area contributed by atoms with Crippen LogP contribution in [0.15, 0.2) is 23.0 Å². The summed E-state index contributed by atoms with van der Waals surface area (Å²) in [4.78, 5) is 0. The van der Waals surface area contributed by atoms with Crippen LogP contribution in [0.2, 0.25) is 0 Å². The van der Waals surface area contributed by atoms with E-state index in [1.807, 2.05) is 6.07 Å². The second-order valence-electron chi connectivity index (χ2n) is 4.08. The van der Waals surface area contributed by atoms with Crippen molar-refractivity contribution < 1.29 is 14.3 Å². The molecule has 1 saturated heterocycles. The van der Waals surface area contributed by atoms with Crippen LogP contribution in [0.3, 0.4) is 0 Å². The highest BCUT2D eigenvalue weighted by Crippen LogP contribution is 2.33.